The monoisotopic (exact) mass is 247 g/mol. The minimum Gasteiger partial charge on any atom is -0.467 e. The molecule has 2 rings (SSSR count). The molecule has 0 aliphatic rings. The second-order valence-electron chi connectivity index (χ2n) is 3.88. The van der Waals surface area contributed by atoms with Gasteiger partial charge in [0.15, 0.2) is 6.29 Å². The minimum atomic E-state index is -0.500. The lowest BCUT2D eigenvalue weighted by molar-refractivity contribution is 0.112. The van der Waals surface area contributed by atoms with Crippen LogP contribution in [0.5, 0.6) is 0 Å². The van der Waals surface area contributed by atoms with Gasteiger partial charge in [-0.25, -0.2) is 4.39 Å². The van der Waals surface area contributed by atoms with Gasteiger partial charge >= 0.3 is 0 Å². The summed E-state index contributed by atoms with van der Waals surface area (Å²) in [6.07, 6.45) is 2.14. The smallest absolute Gasteiger partial charge is 0.155 e. The summed E-state index contributed by atoms with van der Waals surface area (Å²) in [6.45, 7) is 3.11. The Bertz CT molecular complexity index is 523. The van der Waals surface area contributed by atoms with Gasteiger partial charge in [0.2, 0.25) is 0 Å². The van der Waals surface area contributed by atoms with Crippen molar-refractivity contribution in [1.29, 1.82) is 0 Å². The molecule has 1 heterocycles. The highest BCUT2D eigenvalue weighted by atomic mass is 19.1. The number of carbonyl (C=O) groups is 1. The van der Waals surface area contributed by atoms with Gasteiger partial charge in [-0.15, -0.1) is 0 Å². The predicted molar refractivity (Wildman–Crippen MR) is 67.2 cm³/mol. The van der Waals surface area contributed by atoms with Crippen LogP contribution in [-0.2, 0) is 6.54 Å². The van der Waals surface area contributed by atoms with Crippen LogP contribution in [0.1, 0.15) is 23.0 Å². The minimum absolute atomic E-state index is 0.0888. The average molecular weight is 247 g/mol. The highest BCUT2D eigenvalue weighted by Gasteiger charge is 2.14. The highest BCUT2D eigenvalue weighted by molar-refractivity contribution is 5.84. The number of halogens is 1. The van der Waals surface area contributed by atoms with Crippen LogP contribution in [-0.4, -0.2) is 12.8 Å². The van der Waals surface area contributed by atoms with Crippen molar-refractivity contribution in [2.24, 2.45) is 0 Å². The molecule has 0 atom stereocenters. The van der Waals surface area contributed by atoms with Gasteiger partial charge in [0, 0.05) is 6.54 Å². The Hall–Kier alpha value is -2.10. The molecule has 0 aliphatic carbocycles. The van der Waals surface area contributed by atoms with E-state index in [1.165, 1.54) is 6.07 Å². The van der Waals surface area contributed by atoms with E-state index >= 15 is 0 Å². The van der Waals surface area contributed by atoms with Gasteiger partial charge in [-0.1, -0.05) is 6.07 Å². The molecule has 1 aromatic heterocycles. The first-order valence-electron chi connectivity index (χ1n) is 5.77. The van der Waals surface area contributed by atoms with E-state index in [1.807, 2.05) is 17.9 Å². The molecule has 2 aromatic rings. The molecule has 1 aromatic carbocycles. The fourth-order valence-corrected chi connectivity index (χ4v) is 1.88. The van der Waals surface area contributed by atoms with E-state index in [-0.39, 0.29) is 5.56 Å². The number of benzene rings is 1. The van der Waals surface area contributed by atoms with Crippen LogP contribution in [0.2, 0.25) is 0 Å². The Morgan fingerprint density at radius 3 is 2.78 bits per heavy atom. The third-order valence-corrected chi connectivity index (χ3v) is 2.80. The predicted octanol–water partition coefficient (Wildman–Crippen LogP) is 3.26. The lowest BCUT2D eigenvalue weighted by Crippen LogP contribution is -2.23. The fraction of sp³-hybridized carbons (Fsp3) is 0.214. The van der Waals surface area contributed by atoms with Crippen molar-refractivity contribution < 1.29 is 13.6 Å². The van der Waals surface area contributed by atoms with Crippen molar-refractivity contribution >= 4 is 12.0 Å². The number of nitrogens with zero attached hydrogens (tertiary/aromatic N) is 1. The third-order valence-electron chi connectivity index (χ3n) is 2.80. The van der Waals surface area contributed by atoms with Crippen LogP contribution in [0.25, 0.3) is 0 Å². The van der Waals surface area contributed by atoms with E-state index in [1.54, 1.807) is 24.5 Å². The van der Waals surface area contributed by atoms with Crippen molar-refractivity contribution in [1.82, 2.24) is 0 Å². The number of aldehydes is 1. The van der Waals surface area contributed by atoms with Gasteiger partial charge in [0.1, 0.15) is 11.6 Å². The first kappa shape index (κ1) is 12.4. The van der Waals surface area contributed by atoms with Crippen LogP contribution in [0.3, 0.4) is 0 Å². The second-order valence-corrected chi connectivity index (χ2v) is 3.88. The molecule has 0 spiro atoms. The molecular weight excluding hydrogens is 233 g/mol. The normalized spacial score (nSPS) is 10.3. The van der Waals surface area contributed by atoms with Gasteiger partial charge in [-0.2, -0.15) is 0 Å². The maximum absolute atomic E-state index is 13.5. The Morgan fingerprint density at radius 1 is 1.33 bits per heavy atom. The van der Waals surface area contributed by atoms with Crippen molar-refractivity contribution in [3.63, 3.8) is 0 Å². The maximum atomic E-state index is 13.5. The number of hydrogen-bond donors (Lipinski definition) is 0. The summed E-state index contributed by atoms with van der Waals surface area (Å²) in [5.41, 5.74) is 0.676. The standard InChI is InChI=1S/C14H14FNO2/c1-2-16(9-11-5-4-8-18-11)14-7-3-6-13(15)12(14)10-17/h3-8,10H,2,9H2,1H3. The van der Waals surface area contributed by atoms with Crippen molar-refractivity contribution in [2.45, 2.75) is 13.5 Å². The quantitative estimate of drug-likeness (QED) is 0.760. The Morgan fingerprint density at radius 2 is 2.17 bits per heavy atom. The fourth-order valence-electron chi connectivity index (χ4n) is 1.88. The van der Waals surface area contributed by atoms with Crippen LogP contribution < -0.4 is 4.90 Å². The Balaban J connectivity index is 2.32. The topological polar surface area (TPSA) is 33.5 Å². The molecule has 0 fully saturated rings. The van der Waals surface area contributed by atoms with E-state index in [2.05, 4.69) is 0 Å². The molecule has 0 amide bonds. The first-order valence-corrected chi connectivity index (χ1v) is 5.77. The van der Waals surface area contributed by atoms with E-state index in [9.17, 15) is 9.18 Å². The van der Waals surface area contributed by atoms with E-state index in [0.717, 1.165) is 5.76 Å². The molecule has 0 saturated carbocycles. The molecule has 0 saturated heterocycles. The number of rotatable bonds is 5. The Labute approximate surface area is 105 Å². The first-order chi connectivity index (χ1) is 8.76. The highest BCUT2D eigenvalue weighted by Crippen LogP contribution is 2.23. The zero-order valence-electron chi connectivity index (χ0n) is 10.1. The van der Waals surface area contributed by atoms with Crippen LogP contribution in [0.15, 0.2) is 41.0 Å². The number of hydrogen-bond acceptors (Lipinski definition) is 3. The van der Waals surface area contributed by atoms with Crippen LogP contribution >= 0.6 is 0 Å². The molecule has 0 bridgehead atoms. The van der Waals surface area contributed by atoms with Gasteiger partial charge in [-0.05, 0) is 31.2 Å². The summed E-state index contributed by atoms with van der Waals surface area (Å²) >= 11 is 0. The summed E-state index contributed by atoms with van der Waals surface area (Å²) in [6, 6.07) is 8.27. The molecule has 0 N–H and O–H groups in total. The summed E-state index contributed by atoms with van der Waals surface area (Å²) in [7, 11) is 0. The third kappa shape index (κ3) is 2.42. The molecular formula is C14H14FNO2. The van der Waals surface area contributed by atoms with Crippen molar-refractivity contribution in [3.8, 4) is 0 Å². The van der Waals surface area contributed by atoms with Crippen LogP contribution in [0.4, 0.5) is 10.1 Å². The molecule has 0 radical (unpaired) electrons. The molecule has 4 heteroatoms. The van der Waals surface area contributed by atoms with E-state index < -0.39 is 5.82 Å². The molecule has 18 heavy (non-hydrogen) atoms. The summed E-state index contributed by atoms with van der Waals surface area (Å²) in [5, 5.41) is 0. The van der Waals surface area contributed by atoms with Crippen LogP contribution in [0, 0.1) is 5.82 Å². The van der Waals surface area contributed by atoms with E-state index in [0.29, 0.717) is 25.1 Å². The lowest BCUT2D eigenvalue weighted by Gasteiger charge is -2.23. The van der Waals surface area contributed by atoms with Gasteiger partial charge in [0.05, 0.1) is 24.1 Å². The molecule has 94 valence electrons. The van der Waals surface area contributed by atoms with Crippen molar-refractivity contribution in [3.05, 3.63) is 53.7 Å². The maximum Gasteiger partial charge on any atom is 0.155 e. The molecule has 3 nitrogen and oxygen atoms in total. The zero-order chi connectivity index (χ0) is 13.0. The number of carbonyl (C=O) groups excluding carboxylic acids is 1. The Kier molecular flexibility index (Phi) is 3.77. The molecule has 0 aliphatic heterocycles. The summed E-state index contributed by atoms with van der Waals surface area (Å²) in [5.74, 6) is 0.276. The average Bonchev–Trinajstić information content (AvgIpc) is 2.88. The van der Waals surface area contributed by atoms with Gasteiger partial charge < -0.3 is 9.32 Å². The summed E-state index contributed by atoms with van der Waals surface area (Å²) < 4.78 is 18.8. The SMILES string of the molecule is CCN(Cc1ccco1)c1cccc(F)c1C=O. The second kappa shape index (κ2) is 5.49. The van der Waals surface area contributed by atoms with Crippen molar-refractivity contribution in [2.75, 3.05) is 11.4 Å². The lowest BCUT2D eigenvalue weighted by atomic mass is 10.1. The van der Waals surface area contributed by atoms with E-state index in [4.69, 9.17) is 4.42 Å². The van der Waals surface area contributed by atoms with Gasteiger partial charge in [-0.3, -0.25) is 4.79 Å². The number of furan rings is 1. The number of anilines is 1. The summed E-state index contributed by atoms with van der Waals surface area (Å²) in [4.78, 5) is 12.9. The zero-order valence-corrected chi connectivity index (χ0v) is 10.1. The molecule has 0 unspecified atom stereocenters. The van der Waals surface area contributed by atoms with Gasteiger partial charge in [0.25, 0.3) is 0 Å². The largest absolute Gasteiger partial charge is 0.467 e.